The molecule has 10 nitrogen and oxygen atoms in total. The Balaban J connectivity index is 1.55. The fourth-order valence-electron chi connectivity index (χ4n) is 5.76. The number of rotatable bonds is 16. The topological polar surface area (TPSA) is 166 Å². The Morgan fingerprint density at radius 1 is 0.761 bits per heavy atom. The second kappa shape index (κ2) is 17.7. The fraction of sp³-hybridized carbons (Fsp3) is 0.389. The Morgan fingerprint density at radius 2 is 1.41 bits per heavy atom. The van der Waals surface area contributed by atoms with Gasteiger partial charge >= 0.3 is 0 Å². The molecule has 1 saturated carbocycles. The molecule has 3 aromatic carbocycles. The van der Waals surface area contributed by atoms with Gasteiger partial charge in [0.1, 0.15) is 30.5 Å². The smallest absolute Gasteiger partial charge is 0.251 e. The molecule has 4 rings (SSSR count). The van der Waals surface area contributed by atoms with E-state index in [1.54, 1.807) is 54.6 Å². The summed E-state index contributed by atoms with van der Waals surface area (Å²) in [5, 5.41) is 8.52. The Labute approximate surface area is 270 Å². The number of amides is 4. The van der Waals surface area contributed by atoms with Gasteiger partial charge in [-0.2, -0.15) is 0 Å². The molecular formula is C36H45N5O5. The third kappa shape index (κ3) is 10.2. The van der Waals surface area contributed by atoms with Crippen LogP contribution in [0.4, 0.5) is 0 Å². The second-order valence-electron chi connectivity index (χ2n) is 11.7. The van der Waals surface area contributed by atoms with E-state index in [1.165, 1.54) is 0 Å². The SMILES string of the molecule is NCCCC[C@H](NC(=O)c1ccccc1)C(=O)N[C@@H](C(=O)N[C@@H](C(N)=O)C1CCCCC1)c1ccc(OCc2ccccc2)cc1. The van der Waals surface area contributed by atoms with Gasteiger partial charge in [0.05, 0.1) is 0 Å². The lowest BCUT2D eigenvalue weighted by Gasteiger charge is -2.30. The van der Waals surface area contributed by atoms with Crippen molar-refractivity contribution in [1.29, 1.82) is 0 Å². The molecule has 0 radical (unpaired) electrons. The van der Waals surface area contributed by atoms with Gasteiger partial charge in [0, 0.05) is 5.56 Å². The average molecular weight is 628 g/mol. The summed E-state index contributed by atoms with van der Waals surface area (Å²) in [6, 6.07) is 22.3. The molecule has 1 aliphatic rings. The van der Waals surface area contributed by atoms with Gasteiger partial charge in [-0.25, -0.2) is 0 Å². The minimum atomic E-state index is -1.16. The van der Waals surface area contributed by atoms with Gasteiger partial charge in [-0.3, -0.25) is 19.2 Å². The van der Waals surface area contributed by atoms with E-state index < -0.39 is 41.8 Å². The summed E-state index contributed by atoms with van der Waals surface area (Å²) in [5.41, 5.74) is 13.4. The highest BCUT2D eigenvalue weighted by Gasteiger charge is 2.34. The minimum absolute atomic E-state index is 0.0746. The van der Waals surface area contributed by atoms with Gasteiger partial charge in [-0.15, -0.1) is 0 Å². The van der Waals surface area contributed by atoms with E-state index >= 15 is 0 Å². The highest BCUT2D eigenvalue weighted by atomic mass is 16.5. The van der Waals surface area contributed by atoms with Crippen molar-refractivity contribution in [3.8, 4) is 5.75 Å². The van der Waals surface area contributed by atoms with Crippen molar-refractivity contribution >= 4 is 23.6 Å². The van der Waals surface area contributed by atoms with Crippen LogP contribution in [0.25, 0.3) is 0 Å². The Bertz CT molecular complexity index is 1410. The maximum Gasteiger partial charge on any atom is 0.251 e. The van der Waals surface area contributed by atoms with Crippen LogP contribution in [0.15, 0.2) is 84.9 Å². The number of carbonyl (C=O) groups excluding carboxylic acids is 4. The zero-order chi connectivity index (χ0) is 32.7. The van der Waals surface area contributed by atoms with Crippen LogP contribution in [0.5, 0.6) is 5.75 Å². The van der Waals surface area contributed by atoms with E-state index in [1.807, 2.05) is 30.3 Å². The Morgan fingerprint density at radius 3 is 2.04 bits per heavy atom. The molecule has 0 saturated heterocycles. The number of hydrogen-bond donors (Lipinski definition) is 5. The molecule has 1 fully saturated rings. The van der Waals surface area contributed by atoms with Crippen LogP contribution in [0.2, 0.25) is 0 Å². The highest BCUT2D eigenvalue weighted by Crippen LogP contribution is 2.27. The number of nitrogens with one attached hydrogen (secondary N) is 3. The summed E-state index contributed by atoms with van der Waals surface area (Å²) in [6.45, 7) is 0.814. The maximum atomic E-state index is 13.9. The van der Waals surface area contributed by atoms with Crippen LogP contribution in [0.3, 0.4) is 0 Å². The number of carbonyl (C=O) groups is 4. The predicted molar refractivity (Wildman–Crippen MR) is 176 cm³/mol. The molecule has 244 valence electrons. The lowest BCUT2D eigenvalue weighted by Crippen LogP contribution is -2.54. The summed E-state index contributed by atoms with van der Waals surface area (Å²) in [7, 11) is 0. The Hall–Kier alpha value is -4.70. The summed E-state index contributed by atoms with van der Waals surface area (Å²) in [6.07, 6.45) is 6.16. The maximum absolute atomic E-state index is 13.9. The highest BCUT2D eigenvalue weighted by molar-refractivity contribution is 5.98. The van der Waals surface area contributed by atoms with Gasteiger partial charge in [-0.1, -0.05) is 79.9 Å². The molecule has 4 amide bonds. The molecule has 3 atom stereocenters. The van der Waals surface area contributed by atoms with Crippen molar-refractivity contribution < 1.29 is 23.9 Å². The van der Waals surface area contributed by atoms with Crippen LogP contribution in [-0.2, 0) is 21.0 Å². The van der Waals surface area contributed by atoms with Crippen molar-refractivity contribution in [2.45, 2.75) is 76.1 Å². The van der Waals surface area contributed by atoms with E-state index in [0.717, 1.165) is 37.7 Å². The molecule has 0 bridgehead atoms. The minimum Gasteiger partial charge on any atom is -0.489 e. The van der Waals surface area contributed by atoms with Gasteiger partial charge < -0.3 is 32.2 Å². The molecule has 0 heterocycles. The van der Waals surface area contributed by atoms with Crippen molar-refractivity contribution in [3.63, 3.8) is 0 Å². The molecule has 0 aromatic heterocycles. The van der Waals surface area contributed by atoms with Crippen molar-refractivity contribution in [1.82, 2.24) is 16.0 Å². The molecule has 0 unspecified atom stereocenters. The summed E-state index contributed by atoms with van der Waals surface area (Å²) < 4.78 is 5.92. The van der Waals surface area contributed by atoms with Gasteiger partial charge in [0.2, 0.25) is 17.7 Å². The summed E-state index contributed by atoms with van der Waals surface area (Å²) >= 11 is 0. The molecule has 3 aromatic rings. The van der Waals surface area contributed by atoms with Gasteiger partial charge in [-0.05, 0) is 80.0 Å². The number of benzene rings is 3. The monoisotopic (exact) mass is 627 g/mol. The molecule has 0 spiro atoms. The second-order valence-corrected chi connectivity index (χ2v) is 11.7. The first kappa shape index (κ1) is 34.2. The molecular weight excluding hydrogens is 582 g/mol. The zero-order valence-electron chi connectivity index (χ0n) is 26.2. The predicted octanol–water partition coefficient (Wildman–Crippen LogP) is 3.90. The number of nitrogens with two attached hydrogens (primary N) is 2. The van der Waals surface area contributed by atoms with Crippen molar-refractivity contribution in [2.75, 3.05) is 6.54 Å². The van der Waals surface area contributed by atoms with Crippen molar-refractivity contribution in [3.05, 3.63) is 102 Å². The number of hydrogen-bond acceptors (Lipinski definition) is 6. The first-order valence-corrected chi connectivity index (χ1v) is 16.1. The quantitative estimate of drug-likeness (QED) is 0.151. The largest absolute Gasteiger partial charge is 0.489 e. The molecule has 7 N–H and O–H groups in total. The lowest BCUT2D eigenvalue weighted by molar-refractivity contribution is -0.133. The van der Waals surface area contributed by atoms with Crippen LogP contribution in [0.1, 0.15) is 78.9 Å². The third-order valence-electron chi connectivity index (χ3n) is 8.34. The third-order valence-corrected chi connectivity index (χ3v) is 8.34. The normalized spacial score (nSPS) is 15.2. The molecule has 1 aliphatic carbocycles. The van der Waals surface area contributed by atoms with E-state index in [0.29, 0.717) is 49.3 Å². The summed E-state index contributed by atoms with van der Waals surface area (Å²) in [4.78, 5) is 53.2. The molecule has 10 heteroatoms. The number of primary amides is 1. The van der Waals surface area contributed by atoms with Crippen LogP contribution >= 0.6 is 0 Å². The van der Waals surface area contributed by atoms with Crippen LogP contribution in [0, 0.1) is 5.92 Å². The molecule has 46 heavy (non-hydrogen) atoms. The Kier molecular flexibility index (Phi) is 13.2. The van der Waals surface area contributed by atoms with Gasteiger partial charge in [0.15, 0.2) is 0 Å². The van der Waals surface area contributed by atoms with E-state index in [2.05, 4.69) is 16.0 Å². The standard InChI is InChI=1S/C36H45N5O5/c37-23-11-10-18-30(39-34(43)28-16-8-3-9-17-28)35(44)41-32(36(45)40-31(33(38)42)26-14-6-2-7-15-26)27-19-21-29(22-20-27)46-24-25-12-4-1-5-13-25/h1,3-5,8-9,12-13,16-17,19-22,26,30-32H,2,6-7,10-11,14-15,18,23-24,37H2,(H2,38,42)(H,39,43)(H,40,45)(H,41,44)/t30-,31+,32+/m0/s1. The van der Waals surface area contributed by atoms with E-state index in [9.17, 15) is 19.2 Å². The van der Waals surface area contributed by atoms with Crippen LogP contribution in [-0.4, -0.2) is 42.3 Å². The lowest BCUT2D eigenvalue weighted by atomic mass is 9.83. The number of ether oxygens (including phenoxy) is 1. The first-order valence-electron chi connectivity index (χ1n) is 16.1. The average Bonchev–Trinajstić information content (AvgIpc) is 3.09. The van der Waals surface area contributed by atoms with Crippen LogP contribution < -0.4 is 32.2 Å². The molecule has 0 aliphatic heterocycles. The number of unbranched alkanes of at least 4 members (excludes halogenated alkanes) is 1. The van der Waals surface area contributed by atoms with E-state index in [-0.39, 0.29) is 5.92 Å². The fourth-order valence-corrected chi connectivity index (χ4v) is 5.76. The van der Waals surface area contributed by atoms with E-state index in [4.69, 9.17) is 16.2 Å². The zero-order valence-corrected chi connectivity index (χ0v) is 26.2. The summed E-state index contributed by atoms with van der Waals surface area (Å²) in [5.74, 6) is -1.58. The van der Waals surface area contributed by atoms with Gasteiger partial charge in [0.25, 0.3) is 5.91 Å². The first-order chi connectivity index (χ1) is 22.4. The van der Waals surface area contributed by atoms with Crippen molar-refractivity contribution in [2.24, 2.45) is 17.4 Å².